The van der Waals surface area contributed by atoms with Crippen LogP contribution in [-0.4, -0.2) is 229 Å². The molecule has 0 saturated carbocycles. The zero-order chi connectivity index (χ0) is 49.1. The Morgan fingerprint density at radius 3 is 2.03 bits per heavy atom. The number of carboxylic acid groups (broad SMARTS) is 1. The summed E-state index contributed by atoms with van der Waals surface area (Å²) < 4.78 is 47.3. The van der Waals surface area contributed by atoms with Crippen LogP contribution in [-0.2, 0) is 47.5 Å². The summed E-state index contributed by atoms with van der Waals surface area (Å²) in [7, 11) is 0. The van der Waals surface area contributed by atoms with Gasteiger partial charge in [-0.3, -0.25) is 9.59 Å². The fraction of sp³-hybridized carbons (Fsp3) is 0.690. The normalized spacial score (nSPS) is 39.6. The monoisotopic (exact) mass is 982 g/mol. The number of benzene rings is 2. The summed E-state index contributed by atoms with van der Waals surface area (Å²) in [4.78, 5) is 39.1. The second-order valence-electron chi connectivity index (χ2n) is 16.8. The maximum absolute atomic E-state index is 14.1. The van der Waals surface area contributed by atoms with Crippen LogP contribution >= 0.6 is 0 Å². The van der Waals surface area contributed by atoms with E-state index in [0.29, 0.717) is 5.39 Å². The molecule has 0 radical (unpaired) electrons. The van der Waals surface area contributed by atoms with Crippen LogP contribution in [0, 0.1) is 0 Å². The molecule has 376 valence electrons. The molecule has 0 spiro atoms. The largest absolute Gasteiger partial charge is 1.00 e. The first-order valence-electron chi connectivity index (χ1n) is 21.6. The summed E-state index contributed by atoms with van der Waals surface area (Å²) in [5, 5.41) is 138. The molecule has 0 aliphatic carbocycles. The van der Waals surface area contributed by atoms with E-state index in [2.05, 4.69) is 10.6 Å². The molecule has 25 nitrogen and oxygen atoms in total. The van der Waals surface area contributed by atoms with E-state index in [1.54, 1.807) is 31.2 Å². The molecule has 2 aromatic carbocycles. The van der Waals surface area contributed by atoms with Crippen LogP contribution in [0.4, 0.5) is 0 Å². The number of aliphatic hydroxyl groups excluding tert-OH is 11. The molecule has 26 heteroatoms. The van der Waals surface area contributed by atoms with Crippen molar-refractivity contribution in [1.29, 1.82) is 0 Å². The van der Waals surface area contributed by atoms with Crippen molar-refractivity contribution in [2.45, 2.75) is 155 Å². The molecule has 68 heavy (non-hydrogen) atoms. The summed E-state index contributed by atoms with van der Waals surface area (Å²) in [6.45, 7) is 0.839. The summed E-state index contributed by atoms with van der Waals surface area (Å²) in [5.41, 5.74) is 0.141. The summed E-state index contributed by atoms with van der Waals surface area (Å²) in [6.07, 6.45) is -35.0. The van der Waals surface area contributed by atoms with Gasteiger partial charge >= 0.3 is 29.6 Å². The number of hydrogen-bond donors (Lipinski definition) is 13. The quantitative estimate of drug-likeness (QED) is 0.0655. The summed E-state index contributed by atoms with van der Waals surface area (Å²) in [5.74, 6) is -7.02. The van der Waals surface area contributed by atoms with Crippen LogP contribution in [0.15, 0.2) is 42.5 Å². The van der Waals surface area contributed by atoms with Crippen molar-refractivity contribution < 1.29 is 143 Å². The maximum Gasteiger partial charge on any atom is 1.00 e. The van der Waals surface area contributed by atoms with Gasteiger partial charge in [-0.2, -0.15) is 0 Å². The van der Waals surface area contributed by atoms with E-state index >= 15 is 0 Å². The third-order valence-electron chi connectivity index (χ3n) is 12.2. The molecule has 4 aliphatic rings. The SMILES string of the molecule is CCO[C@@H]1O[C@H](CO)[C@@H](O[C@@H]2O[C@H](CO)[C@H](O)[C@H](O[C@]3(C(=O)[O-])C[C@H](O)[C@@H](NC(C)=O)[C@@H](C(O)[C@H](O)CO)O3)[C@H]2O)[C@H](O[C@@H]2O[C@H](C)[C@@H](O)[C@@H](O)[C@@H]2O)[C@H]1NC(=O)c1ccc2ccccc2c1.[Na+]. The van der Waals surface area contributed by atoms with Gasteiger partial charge in [0.05, 0.1) is 38.1 Å². The molecule has 4 heterocycles. The number of fused-ring (bicyclic) bond motifs is 1. The van der Waals surface area contributed by atoms with E-state index < -0.39 is 172 Å². The molecule has 6 rings (SSSR count). The van der Waals surface area contributed by atoms with Crippen LogP contribution in [0.2, 0.25) is 0 Å². The molecule has 0 aromatic heterocycles. The van der Waals surface area contributed by atoms with Gasteiger partial charge in [0, 0.05) is 25.5 Å². The van der Waals surface area contributed by atoms with Crippen molar-refractivity contribution in [3.05, 3.63) is 48.0 Å². The Bertz CT molecular complexity index is 1990. The number of carbonyl (C=O) groups is 3. The minimum absolute atomic E-state index is 0. The Kier molecular flexibility index (Phi) is 20.0. The van der Waals surface area contributed by atoms with Crippen molar-refractivity contribution in [2.75, 3.05) is 26.4 Å². The third kappa shape index (κ3) is 12.0. The number of aliphatic carboxylic acids is 1. The van der Waals surface area contributed by atoms with Gasteiger partial charge in [-0.05, 0) is 36.8 Å². The Balaban J connectivity index is 0.00000864. The smallest absolute Gasteiger partial charge is 0.544 e. The molecule has 2 aromatic rings. The molecule has 1 unspecified atom stereocenters. The van der Waals surface area contributed by atoms with Crippen molar-refractivity contribution in [2.24, 2.45) is 0 Å². The van der Waals surface area contributed by atoms with Gasteiger partial charge in [-0.25, -0.2) is 0 Å². The van der Waals surface area contributed by atoms with E-state index in [9.17, 15) is 75.7 Å². The Labute approximate surface area is 410 Å². The molecule has 2 amide bonds. The van der Waals surface area contributed by atoms with Crippen LogP contribution in [0.25, 0.3) is 10.8 Å². The van der Waals surface area contributed by atoms with Gasteiger partial charge in [0.1, 0.15) is 91.4 Å². The first-order chi connectivity index (χ1) is 31.8. The van der Waals surface area contributed by atoms with E-state index in [0.717, 1.165) is 12.3 Å². The number of rotatable bonds is 17. The Hall–Kier alpha value is -2.65. The van der Waals surface area contributed by atoms with Gasteiger partial charge in [0.2, 0.25) is 11.7 Å². The standard InChI is InChI=1S/C42H60N2O23.Na/c1-4-60-38-26(44-37(57)20-10-9-18-7-5-6-8-19(18)11-20)35(65-39-31(55)30(54)27(51)16(2)61-39)33(24(15-47)63-38)64-40-32(56)36(29(53)23(14-46)62-40)67-42(41(58)59)12-21(49)25(43-17(3)48)34(66-42)28(52)22(50)13-45;/h5-11,16,21-36,38-40,45-47,49-56H,4,12-15H2,1-3H3,(H,43,48)(H,44,57)(H,58,59);/q;+1/p-1/t16-,21+,22-,23-,24-,25-,26-,27-,28?,29+,30-,31+,32-,33-,34+,35-,36+,38-,39+,40+,42+;/m1./s1. The molecular weight excluding hydrogens is 923 g/mol. The predicted octanol–water partition coefficient (Wildman–Crippen LogP) is -10.1. The maximum atomic E-state index is 14.1. The van der Waals surface area contributed by atoms with Crippen molar-refractivity contribution >= 4 is 28.6 Å². The van der Waals surface area contributed by atoms with Gasteiger partial charge < -0.3 is 115 Å². The van der Waals surface area contributed by atoms with Crippen LogP contribution in [0.5, 0.6) is 0 Å². The van der Waals surface area contributed by atoms with E-state index in [-0.39, 0.29) is 41.7 Å². The molecule has 4 fully saturated rings. The fourth-order valence-corrected chi connectivity index (χ4v) is 8.60. The molecule has 13 N–H and O–H groups in total. The van der Waals surface area contributed by atoms with E-state index in [1.807, 2.05) is 12.1 Å². The second-order valence-corrected chi connectivity index (χ2v) is 16.8. The first kappa shape index (κ1) is 56.3. The van der Waals surface area contributed by atoms with Crippen LogP contribution in [0.1, 0.15) is 37.6 Å². The fourth-order valence-electron chi connectivity index (χ4n) is 8.60. The molecule has 0 bridgehead atoms. The van der Waals surface area contributed by atoms with Crippen LogP contribution in [0.3, 0.4) is 0 Å². The van der Waals surface area contributed by atoms with E-state index in [4.69, 9.17) is 37.9 Å². The number of nitrogens with one attached hydrogen (secondary N) is 2. The molecule has 4 aliphatic heterocycles. The number of amides is 2. The topological polar surface area (TPSA) is 395 Å². The third-order valence-corrected chi connectivity index (χ3v) is 12.2. The minimum atomic E-state index is -3.24. The molecular formula is C42H59N2NaO23. The zero-order valence-corrected chi connectivity index (χ0v) is 39.4. The Morgan fingerprint density at radius 1 is 0.779 bits per heavy atom. The van der Waals surface area contributed by atoms with Crippen molar-refractivity contribution in [3.8, 4) is 0 Å². The van der Waals surface area contributed by atoms with Crippen molar-refractivity contribution in [3.63, 3.8) is 0 Å². The van der Waals surface area contributed by atoms with Crippen molar-refractivity contribution in [1.82, 2.24) is 10.6 Å². The first-order valence-corrected chi connectivity index (χ1v) is 21.6. The zero-order valence-electron chi connectivity index (χ0n) is 37.4. The number of carbonyl (C=O) groups excluding carboxylic acids is 3. The number of carboxylic acids is 1. The number of ether oxygens (including phenoxy) is 8. The Morgan fingerprint density at radius 2 is 1.41 bits per heavy atom. The number of hydrogen-bond acceptors (Lipinski definition) is 23. The summed E-state index contributed by atoms with van der Waals surface area (Å²) >= 11 is 0. The number of aliphatic hydroxyl groups is 11. The second kappa shape index (κ2) is 24.2. The predicted molar refractivity (Wildman–Crippen MR) is 217 cm³/mol. The molecule has 4 saturated heterocycles. The molecule has 21 atom stereocenters. The van der Waals surface area contributed by atoms with Crippen LogP contribution < -0.4 is 45.3 Å². The van der Waals surface area contributed by atoms with E-state index in [1.165, 1.54) is 13.0 Å². The average Bonchev–Trinajstić information content (AvgIpc) is 3.30. The van der Waals surface area contributed by atoms with Gasteiger partial charge in [-0.15, -0.1) is 0 Å². The summed E-state index contributed by atoms with van der Waals surface area (Å²) in [6, 6.07) is 8.87. The van der Waals surface area contributed by atoms with Gasteiger partial charge in [0.15, 0.2) is 18.9 Å². The van der Waals surface area contributed by atoms with Gasteiger partial charge in [0.25, 0.3) is 5.91 Å². The van der Waals surface area contributed by atoms with Gasteiger partial charge in [-0.1, -0.05) is 30.3 Å². The minimum Gasteiger partial charge on any atom is -0.544 e. The average molecular weight is 983 g/mol.